The van der Waals surface area contributed by atoms with E-state index in [1.54, 1.807) is 46.5 Å². The lowest BCUT2D eigenvalue weighted by Crippen LogP contribution is -2.80. The number of esters is 4. The van der Waals surface area contributed by atoms with E-state index in [1.807, 2.05) is 24.3 Å². The summed E-state index contributed by atoms with van der Waals surface area (Å²) in [5.41, 5.74) is 4.55. The number of rotatable bonds is 16. The van der Waals surface area contributed by atoms with E-state index in [2.05, 4.69) is 9.97 Å². The first kappa shape index (κ1) is 44.9. The predicted octanol–water partition coefficient (Wildman–Crippen LogP) is 4.67. The van der Waals surface area contributed by atoms with Crippen LogP contribution in [0, 0.1) is 0 Å². The summed E-state index contributed by atoms with van der Waals surface area (Å²) in [7, 11) is 9.19. The lowest BCUT2D eigenvalue weighted by Gasteiger charge is -2.55. The number of nitrogens with zero attached hydrogens (tertiary/aromatic N) is 4. The molecule has 3 aliphatic rings. The van der Waals surface area contributed by atoms with Gasteiger partial charge in [-0.1, -0.05) is 0 Å². The van der Waals surface area contributed by atoms with Gasteiger partial charge in [-0.15, -0.1) is 0 Å². The average Bonchev–Trinajstić information content (AvgIpc) is 3.57. The van der Waals surface area contributed by atoms with Crippen LogP contribution in [0.15, 0.2) is 85.2 Å². The highest BCUT2D eigenvalue weighted by Crippen LogP contribution is 2.46. The number of benzene rings is 2. The number of hydrogen-bond donors (Lipinski definition) is 0. The van der Waals surface area contributed by atoms with Crippen molar-refractivity contribution in [2.24, 2.45) is 0 Å². The summed E-state index contributed by atoms with van der Waals surface area (Å²) in [6.07, 6.45) is 8.75. The van der Waals surface area contributed by atoms with Crippen LogP contribution >= 0.6 is 0 Å². The topological polar surface area (TPSA) is 193 Å². The fourth-order valence-electron chi connectivity index (χ4n) is 7.95. The standard InChI is InChI=1S/C46H48N4O14/c1-55-35-25-31(26-36(56-2)43(35)59-5)33-23-29(15-17-47-33)9-7-19-49-21-22-50(46(63-41(53)13-14-42(54)64-46)45(49)61-39(51)11-12-40(52)62-45)20-8-10-30-16-18-48-34(24-30)32-27-37(57-3)44(60-6)38(28-32)58-4/h11-18,23-28H,7-10,19-22H2,1-6H3. The number of aryl methyl sites for hydroxylation is 2. The van der Waals surface area contributed by atoms with Gasteiger partial charge in [-0.3, -0.25) is 9.97 Å². The molecule has 2 spiro atoms. The van der Waals surface area contributed by atoms with E-state index in [1.165, 1.54) is 42.7 Å². The van der Waals surface area contributed by atoms with E-state index >= 15 is 0 Å². The number of fused-ring (bicyclic) bond motifs is 1. The first-order valence-electron chi connectivity index (χ1n) is 20.3. The zero-order valence-electron chi connectivity index (χ0n) is 36.2. The maximum absolute atomic E-state index is 13.3. The normalized spacial score (nSPS) is 16.8. The predicted molar refractivity (Wildman–Crippen MR) is 227 cm³/mol. The molecule has 64 heavy (non-hydrogen) atoms. The van der Waals surface area contributed by atoms with Crippen molar-refractivity contribution in [3.05, 3.63) is 96.4 Å². The molecule has 0 N–H and O–H groups in total. The molecule has 2 aromatic heterocycles. The second-order valence-electron chi connectivity index (χ2n) is 14.6. The Hall–Kier alpha value is -7.18. The number of aromatic nitrogens is 2. The van der Waals surface area contributed by atoms with Crippen LogP contribution in [-0.2, 0) is 51.0 Å². The fourth-order valence-corrected chi connectivity index (χ4v) is 7.95. The molecule has 5 heterocycles. The Morgan fingerprint density at radius 1 is 0.500 bits per heavy atom. The minimum absolute atomic E-state index is 0.126. The molecule has 1 saturated heterocycles. The first-order chi connectivity index (χ1) is 31.0. The van der Waals surface area contributed by atoms with Crippen LogP contribution < -0.4 is 28.4 Å². The number of hydrogen-bond acceptors (Lipinski definition) is 18. The molecule has 0 radical (unpaired) electrons. The van der Waals surface area contributed by atoms with Gasteiger partial charge in [0.2, 0.25) is 11.5 Å². The van der Waals surface area contributed by atoms with Crippen LogP contribution in [0.2, 0.25) is 0 Å². The lowest BCUT2D eigenvalue weighted by atomic mass is 10.0. The molecule has 0 bridgehead atoms. The van der Waals surface area contributed by atoms with Gasteiger partial charge in [0, 0.05) is 74.0 Å². The van der Waals surface area contributed by atoms with Crippen molar-refractivity contribution in [2.75, 3.05) is 68.8 Å². The van der Waals surface area contributed by atoms with Gasteiger partial charge in [0.15, 0.2) is 23.0 Å². The Bertz CT molecular complexity index is 2210. The van der Waals surface area contributed by atoms with Crippen molar-refractivity contribution in [1.29, 1.82) is 0 Å². The van der Waals surface area contributed by atoms with Crippen LogP contribution in [-0.4, -0.2) is 124 Å². The van der Waals surface area contributed by atoms with E-state index in [4.69, 9.17) is 47.4 Å². The van der Waals surface area contributed by atoms with Gasteiger partial charge in [-0.2, -0.15) is 0 Å². The Morgan fingerprint density at radius 2 is 0.828 bits per heavy atom. The molecule has 3 aliphatic heterocycles. The van der Waals surface area contributed by atoms with E-state index in [9.17, 15) is 19.2 Å². The Balaban J connectivity index is 1.15. The van der Waals surface area contributed by atoms with Gasteiger partial charge in [0.25, 0.3) is 0 Å². The third kappa shape index (κ3) is 9.00. The van der Waals surface area contributed by atoms with Gasteiger partial charge in [-0.05, 0) is 85.3 Å². The number of pyridine rings is 2. The molecule has 0 aliphatic carbocycles. The smallest absolute Gasteiger partial charge is 0.420 e. The second-order valence-corrected chi connectivity index (χ2v) is 14.6. The van der Waals surface area contributed by atoms with Crippen molar-refractivity contribution in [3.63, 3.8) is 0 Å². The molecule has 18 heteroatoms. The van der Waals surface area contributed by atoms with Crippen molar-refractivity contribution in [2.45, 2.75) is 37.5 Å². The highest BCUT2D eigenvalue weighted by Gasteiger charge is 2.74. The monoisotopic (exact) mass is 880 g/mol. The van der Waals surface area contributed by atoms with Crippen molar-refractivity contribution in [1.82, 2.24) is 19.8 Å². The lowest BCUT2D eigenvalue weighted by molar-refractivity contribution is -0.462. The highest BCUT2D eigenvalue weighted by molar-refractivity contribution is 5.95. The molecular formula is C46H48N4O14. The van der Waals surface area contributed by atoms with E-state index in [0.717, 1.165) is 46.6 Å². The maximum atomic E-state index is 13.3. The minimum atomic E-state index is -2.56. The molecule has 7 rings (SSSR count). The number of carbonyl (C=O) groups is 4. The number of piperazine rings is 1. The second kappa shape index (κ2) is 19.5. The van der Waals surface area contributed by atoms with Gasteiger partial charge in [0.1, 0.15) is 0 Å². The molecule has 18 nitrogen and oxygen atoms in total. The molecular weight excluding hydrogens is 833 g/mol. The molecule has 0 amide bonds. The average molecular weight is 881 g/mol. The zero-order valence-corrected chi connectivity index (χ0v) is 36.2. The Kier molecular flexibility index (Phi) is 13.6. The number of ether oxygens (including phenoxy) is 10. The largest absolute Gasteiger partial charge is 0.493 e. The van der Waals surface area contributed by atoms with Crippen LogP contribution in [0.3, 0.4) is 0 Å². The Morgan fingerprint density at radius 3 is 1.12 bits per heavy atom. The van der Waals surface area contributed by atoms with Crippen LogP contribution in [0.5, 0.6) is 34.5 Å². The van der Waals surface area contributed by atoms with Gasteiger partial charge < -0.3 is 47.4 Å². The van der Waals surface area contributed by atoms with E-state index < -0.39 is 35.7 Å². The molecule has 2 aromatic carbocycles. The summed E-state index contributed by atoms with van der Waals surface area (Å²) in [6, 6.07) is 14.8. The van der Waals surface area contributed by atoms with Crippen molar-refractivity contribution in [3.8, 4) is 57.0 Å². The fraction of sp³-hybridized carbons (Fsp3) is 0.348. The van der Waals surface area contributed by atoms with Gasteiger partial charge in [0.05, 0.1) is 54.0 Å². The van der Waals surface area contributed by atoms with Crippen LogP contribution in [0.25, 0.3) is 22.5 Å². The number of carbonyl (C=O) groups excluding carboxylic acids is 4. The summed E-state index contributed by atoms with van der Waals surface area (Å²) in [5, 5.41) is 0. The molecule has 0 saturated carbocycles. The summed E-state index contributed by atoms with van der Waals surface area (Å²) < 4.78 is 57.0. The zero-order chi connectivity index (χ0) is 45.4. The SMILES string of the molecule is COc1cc(-c2cc(CCCN3CCN(CCCc4ccnc(-c5cc(OC)c(OC)c(OC)c5)c4)C4(OC(=O)C=CC(=O)O4)C34OC(=O)C=CC(=O)O4)ccn2)cc(OC)c1OC. The van der Waals surface area contributed by atoms with Crippen LogP contribution in [0.4, 0.5) is 0 Å². The summed E-state index contributed by atoms with van der Waals surface area (Å²) in [5.74, 6) is -6.28. The minimum Gasteiger partial charge on any atom is -0.493 e. The van der Waals surface area contributed by atoms with Crippen molar-refractivity contribution < 1.29 is 66.5 Å². The third-order valence-corrected chi connectivity index (χ3v) is 10.9. The highest BCUT2D eigenvalue weighted by atomic mass is 16.8. The number of methoxy groups -OCH3 is 6. The molecule has 1 fully saturated rings. The Labute approximate surface area is 369 Å². The molecule has 0 unspecified atom stereocenters. The van der Waals surface area contributed by atoms with E-state index in [-0.39, 0.29) is 26.2 Å². The van der Waals surface area contributed by atoms with Crippen molar-refractivity contribution >= 4 is 23.9 Å². The first-order valence-corrected chi connectivity index (χ1v) is 20.3. The summed E-state index contributed by atoms with van der Waals surface area (Å²) in [6.45, 7) is 0.527. The third-order valence-electron chi connectivity index (χ3n) is 10.9. The molecule has 0 atom stereocenters. The summed E-state index contributed by atoms with van der Waals surface area (Å²) in [4.78, 5) is 65.6. The molecule has 336 valence electrons. The van der Waals surface area contributed by atoms with E-state index in [0.29, 0.717) is 71.6 Å². The van der Waals surface area contributed by atoms with Crippen LogP contribution in [0.1, 0.15) is 24.0 Å². The molecule has 4 aromatic rings. The summed E-state index contributed by atoms with van der Waals surface area (Å²) >= 11 is 0. The van der Waals surface area contributed by atoms with Gasteiger partial charge in [-0.25, -0.2) is 29.0 Å². The van der Waals surface area contributed by atoms with Gasteiger partial charge >= 0.3 is 35.7 Å². The quantitative estimate of drug-likeness (QED) is 0.141. The maximum Gasteiger partial charge on any atom is 0.420 e.